The molecule has 0 heterocycles. The molecule has 2 N–H and O–H groups in total. The number of rotatable bonds is 5. The van der Waals surface area contributed by atoms with Gasteiger partial charge in [0.05, 0.1) is 19.8 Å². The zero-order chi connectivity index (χ0) is 12.8. The SMILES string of the molecule is CCOC(=O)C(F)[C@H](N)c1cccc(OC)c1.Cl. The van der Waals surface area contributed by atoms with Gasteiger partial charge in [-0.2, -0.15) is 0 Å². The summed E-state index contributed by atoms with van der Waals surface area (Å²) in [5, 5.41) is 0. The quantitative estimate of drug-likeness (QED) is 0.837. The van der Waals surface area contributed by atoms with Crippen LogP contribution >= 0.6 is 12.4 Å². The number of methoxy groups -OCH3 is 1. The van der Waals surface area contributed by atoms with Gasteiger partial charge in [-0.25, -0.2) is 9.18 Å². The molecule has 1 aromatic rings. The number of carbonyl (C=O) groups excluding carboxylic acids is 1. The first-order valence-electron chi connectivity index (χ1n) is 5.30. The maximum absolute atomic E-state index is 13.7. The van der Waals surface area contributed by atoms with Gasteiger partial charge in [0.25, 0.3) is 0 Å². The van der Waals surface area contributed by atoms with E-state index in [9.17, 15) is 9.18 Å². The molecule has 1 rings (SSSR count). The van der Waals surface area contributed by atoms with Crippen molar-refractivity contribution in [2.75, 3.05) is 13.7 Å². The summed E-state index contributed by atoms with van der Waals surface area (Å²) in [6.07, 6.45) is -1.87. The van der Waals surface area contributed by atoms with Crippen molar-refractivity contribution in [2.24, 2.45) is 5.73 Å². The van der Waals surface area contributed by atoms with Crippen molar-refractivity contribution in [3.63, 3.8) is 0 Å². The van der Waals surface area contributed by atoms with Crippen LogP contribution in [0.1, 0.15) is 18.5 Å². The number of carbonyl (C=O) groups is 1. The predicted molar refractivity (Wildman–Crippen MR) is 68.7 cm³/mol. The zero-order valence-corrected chi connectivity index (χ0v) is 11.1. The molecular formula is C12H17ClFNO3. The highest BCUT2D eigenvalue weighted by Gasteiger charge is 2.27. The topological polar surface area (TPSA) is 61.5 Å². The second-order valence-electron chi connectivity index (χ2n) is 3.46. The van der Waals surface area contributed by atoms with E-state index in [1.54, 1.807) is 31.2 Å². The van der Waals surface area contributed by atoms with Crippen molar-refractivity contribution < 1.29 is 18.7 Å². The van der Waals surface area contributed by atoms with Crippen molar-refractivity contribution >= 4 is 18.4 Å². The molecule has 0 aliphatic heterocycles. The molecule has 0 radical (unpaired) electrons. The largest absolute Gasteiger partial charge is 0.497 e. The maximum Gasteiger partial charge on any atom is 0.342 e. The Labute approximate surface area is 112 Å². The second-order valence-corrected chi connectivity index (χ2v) is 3.46. The number of hydrogen-bond donors (Lipinski definition) is 1. The van der Waals surface area contributed by atoms with Crippen molar-refractivity contribution in [1.29, 1.82) is 0 Å². The van der Waals surface area contributed by atoms with E-state index >= 15 is 0 Å². The predicted octanol–water partition coefficient (Wildman–Crippen LogP) is 2.02. The lowest BCUT2D eigenvalue weighted by atomic mass is 10.0. The lowest BCUT2D eigenvalue weighted by Crippen LogP contribution is -2.31. The van der Waals surface area contributed by atoms with Crippen molar-refractivity contribution in [3.8, 4) is 5.75 Å². The molecule has 0 aromatic heterocycles. The first-order chi connectivity index (χ1) is 8.10. The van der Waals surface area contributed by atoms with Gasteiger partial charge in [0.1, 0.15) is 5.75 Å². The lowest BCUT2D eigenvalue weighted by Gasteiger charge is -2.16. The van der Waals surface area contributed by atoms with E-state index < -0.39 is 18.2 Å². The molecule has 1 unspecified atom stereocenters. The highest BCUT2D eigenvalue weighted by atomic mass is 35.5. The average molecular weight is 278 g/mol. The number of alkyl halides is 1. The molecule has 0 fully saturated rings. The van der Waals surface area contributed by atoms with Crippen LogP contribution in [0.4, 0.5) is 4.39 Å². The molecular weight excluding hydrogens is 261 g/mol. The summed E-state index contributed by atoms with van der Waals surface area (Å²) in [5.74, 6) is -0.378. The fourth-order valence-electron chi connectivity index (χ4n) is 1.39. The molecule has 4 nitrogen and oxygen atoms in total. The summed E-state index contributed by atoms with van der Waals surface area (Å²) in [5.41, 5.74) is 6.15. The van der Waals surface area contributed by atoms with Gasteiger partial charge in [0.2, 0.25) is 6.17 Å². The van der Waals surface area contributed by atoms with E-state index in [2.05, 4.69) is 4.74 Å². The average Bonchev–Trinajstić information content (AvgIpc) is 2.37. The van der Waals surface area contributed by atoms with Gasteiger partial charge >= 0.3 is 5.97 Å². The minimum Gasteiger partial charge on any atom is -0.497 e. The third kappa shape index (κ3) is 4.16. The van der Waals surface area contributed by atoms with Crippen LogP contribution in [0.2, 0.25) is 0 Å². The standard InChI is InChI=1S/C12H16FNO3.ClH/c1-3-17-12(15)10(13)11(14)8-5-4-6-9(7-8)16-2;/h4-7,10-11H,3,14H2,1-2H3;1H/t10?,11-;/m1./s1. The molecule has 18 heavy (non-hydrogen) atoms. The van der Waals surface area contributed by atoms with Crippen molar-refractivity contribution in [3.05, 3.63) is 29.8 Å². The molecule has 0 aliphatic rings. The van der Waals surface area contributed by atoms with E-state index in [0.29, 0.717) is 11.3 Å². The highest BCUT2D eigenvalue weighted by Crippen LogP contribution is 2.22. The number of halogens is 2. The van der Waals surface area contributed by atoms with Crippen LogP contribution in [0.15, 0.2) is 24.3 Å². The number of esters is 1. The number of benzene rings is 1. The van der Waals surface area contributed by atoms with Gasteiger partial charge in [0, 0.05) is 0 Å². The van der Waals surface area contributed by atoms with Gasteiger partial charge < -0.3 is 15.2 Å². The zero-order valence-electron chi connectivity index (χ0n) is 10.3. The second kappa shape index (κ2) is 7.89. The van der Waals surface area contributed by atoms with Crippen molar-refractivity contribution in [2.45, 2.75) is 19.1 Å². The summed E-state index contributed by atoms with van der Waals surface area (Å²) < 4.78 is 23.2. The number of hydrogen-bond acceptors (Lipinski definition) is 4. The van der Waals surface area contributed by atoms with Gasteiger partial charge in [-0.3, -0.25) is 0 Å². The van der Waals surface area contributed by atoms with Crippen LogP contribution in [-0.2, 0) is 9.53 Å². The van der Waals surface area contributed by atoms with Crippen LogP contribution < -0.4 is 10.5 Å². The van der Waals surface area contributed by atoms with E-state index in [4.69, 9.17) is 10.5 Å². The fourth-order valence-corrected chi connectivity index (χ4v) is 1.39. The minimum absolute atomic E-state index is 0. The first-order valence-corrected chi connectivity index (χ1v) is 5.30. The molecule has 0 amide bonds. The minimum atomic E-state index is -1.87. The first kappa shape index (κ1) is 16.7. The summed E-state index contributed by atoms with van der Waals surface area (Å²) in [4.78, 5) is 11.2. The molecule has 2 atom stereocenters. The molecule has 0 saturated heterocycles. The number of ether oxygens (including phenoxy) is 2. The highest BCUT2D eigenvalue weighted by molar-refractivity contribution is 5.85. The Morgan fingerprint density at radius 2 is 2.17 bits per heavy atom. The Hall–Kier alpha value is -1.33. The van der Waals surface area contributed by atoms with E-state index in [0.717, 1.165) is 0 Å². The summed E-state index contributed by atoms with van der Waals surface area (Å²) in [6, 6.07) is 5.58. The van der Waals surface area contributed by atoms with Gasteiger partial charge in [-0.05, 0) is 24.6 Å². The Balaban J connectivity index is 0.00000289. The van der Waals surface area contributed by atoms with Gasteiger partial charge in [-0.1, -0.05) is 12.1 Å². The third-order valence-corrected chi connectivity index (χ3v) is 2.31. The van der Waals surface area contributed by atoms with Gasteiger partial charge in [0.15, 0.2) is 0 Å². The molecule has 102 valence electrons. The molecule has 0 spiro atoms. The Morgan fingerprint density at radius 1 is 1.50 bits per heavy atom. The van der Waals surface area contributed by atoms with E-state index in [1.165, 1.54) is 7.11 Å². The smallest absolute Gasteiger partial charge is 0.342 e. The van der Waals surface area contributed by atoms with Crippen LogP contribution in [0.5, 0.6) is 5.75 Å². The summed E-state index contributed by atoms with van der Waals surface area (Å²) in [7, 11) is 1.50. The summed E-state index contributed by atoms with van der Waals surface area (Å²) >= 11 is 0. The molecule has 0 saturated carbocycles. The van der Waals surface area contributed by atoms with Crippen LogP contribution in [0, 0.1) is 0 Å². The monoisotopic (exact) mass is 277 g/mol. The van der Waals surface area contributed by atoms with Crippen molar-refractivity contribution in [1.82, 2.24) is 0 Å². The van der Waals surface area contributed by atoms with Crippen LogP contribution in [0.3, 0.4) is 0 Å². The molecule has 1 aromatic carbocycles. The molecule has 0 aliphatic carbocycles. The lowest BCUT2D eigenvalue weighted by molar-refractivity contribution is -0.149. The van der Waals surface area contributed by atoms with Crippen LogP contribution in [0.25, 0.3) is 0 Å². The summed E-state index contributed by atoms with van der Waals surface area (Å²) in [6.45, 7) is 1.74. The Morgan fingerprint density at radius 3 is 2.72 bits per heavy atom. The Kier molecular flexibility index (Phi) is 7.31. The fraction of sp³-hybridized carbons (Fsp3) is 0.417. The Bertz CT molecular complexity index is 389. The maximum atomic E-state index is 13.7. The van der Waals surface area contributed by atoms with E-state index in [-0.39, 0.29) is 19.0 Å². The normalized spacial score (nSPS) is 13.1. The van der Waals surface area contributed by atoms with Gasteiger partial charge in [-0.15, -0.1) is 12.4 Å². The van der Waals surface area contributed by atoms with E-state index in [1.807, 2.05) is 0 Å². The molecule has 6 heteroatoms. The molecule has 0 bridgehead atoms. The third-order valence-electron chi connectivity index (χ3n) is 2.31. The van der Waals surface area contributed by atoms with Crippen LogP contribution in [-0.4, -0.2) is 25.9 Å². The number of nitrogens with two attached hydrogens (primary N) is 1.